The highest BCUT2D eigenvalue weighted by Crippen LogP contribution is 2.23. The summed E-state index contributed by atoms with van der Waals surface area (Å²) in [7, 11) is -7.08. The second kappa shape index (κ2) is 7.28. The van der Waals surface area contributed by atoms with Crippen molar-refractivity contribution < 1.29 is 26.0 Å². The number of benzene rings is 1. The van der Waals surface area contributed by atoms with Crippen LogP contribution < -0.4 is 4.31 Å². The fourth-order valence-electron chi connectivity index (χ4n) is 2.91. The number of anilines is 1. The maximum absolute atomic E-state index is 14.0. The molecule has 10 heteroatoms. The molecule has 1 heterocycles. The van der Waals surface area contributed by atoms with Gasteiger partial charge < -0.3 is 4.90 Å². The summed E-state index contributed by atoms with van der Waals surface area (Å²) in [4.78, 5) is 14.0. The van der Waals surface area contributed by atoms with E-state index in [4.69, 9.17) is 0 Å². The number of carbonyl (C=O) groups excluding carboxylic acids is 1. The number of hydrogen-bond donors (Lipinski definition) is 0. The summed E-state index contributed by atoms with van der Waals surface area (Å²) in [5.41, 5.74) is -0.214. The lowest BCUT2D eigenvalue weighted by Crippen LogP contribution is -2.47. The quantitative estimate of drug-likeness (QED) is 0.708. The summed E-state index contributed by atoms with van der Waals surface area (Å²) in [6, 6.07) is 4.80. The first-order valence-electron chi connectivity index (χ1n) is 7.77. The summed E-state index contributed by atoms with van der Waals surface area (Å²) in [6.07, 6.45) is 1.21. The third-order valence-corrected chi connectivity index (χ3v) is 6.99. The molecule has 1 aliphatic heterocycles. The van der Waals surface area contributed by atoms with E-state index in [9.17, 15) is 26.0 Å². The van der Waals surface area contributed by atoms with Gasteiger partial charge in [0.25, 0.3) is 0 Å². The molecule has 0 radical (unpaired) electrons. The van der Waals surface area contributed by atoms with E-state index in [1.54, 1.807) is 6.92 Å². The highest BCUT2D eigenvalue weighted by Gasteiger charge is 2.35. The molecule has 2 rings (SSSR count). The number of halogens is 1. The molecule has 1 amide bonds. The Kier molecular flexibility index (Phi) is 5.72. The Morgan fingerprint density at radius 2 is 1.96 bits per heavy atom. The van der Waals surface area contributed by atoms with Crippen LogP contribution in [-0.2, 0) is 24.7 Å². The van der Waals surface area contributed by atoms with Crippen LogP contribution in [0.3, 0.4) is 0 Å². The van der Waals surface area contributed by atoms with E-state index >= 15 is 0 Å². The average Bonchev–Trinajstić information content (AvgIpc) is 2.85. The highest BCUT2D eigenvalue weighted by molar-refractivity contribution is 7.92. The number of sulfone groups is 1. The number of nitrogens with zero attached hydrogens (tertiary/aromatic N) is 2. The summed E-state index contributed by atoms with van der Waals surface area (Å²) >= 11 is 0. The molecule has 7 nitrogen and oxygen atoms in total. The SMILES string of the molecule is CCN(C(=O)CN(c1ccccc1F)S(C)(=O)=O)C1CCS(=O)(=O)C1. The van der Waals surface area contributed by atoms with Gasteiger partial charge in [-0.3, -0.25) is 9.10 Å². The summed E-state index contributed by atoms with van der Waals surface area (Å²) in [6.45, 7) is 1.36. The van der Waals surface area contributed by atoms with Crippen molar-refractivity contribution in [3.05, 3.63) is 30.1 Å². The first-order chi connectivity index (χ1) is 11.5. The zero-order valence-electron chi connectivity index (χ0n) is 14.1. The third kappa shape index (κ3) is 4.69. The van der Waals surface area contributed by atoms with Crippen molar-refractivity contribution in [1.29, 1.82) is 0 Å². The molecule has 0 spiro atoms. The van der Waals surface area contributed by atoms with Crippen molar-refractivity contribution in [3.8, 4) is 0 Å². The van der Waals surface area contributed by atoms with Crippen LogP contribution in [0.2, 0.25) is 0 Å². The van der Waals surface area contributed by atoms with E-state index in [2.05, 4.69) is 0 Å². The summed E-state index contributed by atoms with van der Waals surface area (Å²) < 4.78 is 62.1. The van der Waals surface area contributed by atoms with Gasteiger partial charge in [-0.05, 0) is 25.5 Å². The van der Waals surface area contributed by atoms with E-state index in [1.807, 2.05) is 0 Å². The van der Waals surface area contributed by atoms with Crippen molar-refractivity contribution >= 4 is 31.5 Å². The molecule has 1 aromatic rings. The number of carbonyl (C=O) groups is 1. The van der Waals surface area contributed by atoms with Crippen molar-refractivity contribution in [2.75, 3.05) is 35.2 Å². The van der Waals surface area contributed by atoms with Crippen LogP contribution in [0.1, 0.15) is 13.3 Å². The zero-order valence-corrected chi connectivity index (χ0v) is 15.7. The molecule has 1 aliphatic rings. The van der Waals surface area contributed by atoms with Crippen LogP contribution in [0.5, 0.6) is 0 Å². The molecule has 0 aromatic heterocycles. The second-order valence-electron chi connectivity index (χ2n) is 5.96. The Bertz CT molecular complexity index is 854. The van der Waals surface area contributed by atoms with Gasteiger partial charge in [-0.25, -0.2) is 21.2 Å². The van der Waals surface area contributed by atoms with Gasteiger partial charge in [-0.1, -0.05) is 12.1 Å². The maximum atomic E-state index is 14.0. The Morgan fingerprint density at radius 1 is 1.32 bits per heavy atom. The molecular weight excluding hydrogens is 371 g/mol. The van der Waals surface area contributed by atoms with E-state index in [-0.39, 0.29) is 23.7 Å². The van der Waals surface area contributed by atoms with Crippen LogP contribution in [0, 0.1) is 5.82 Å². The lowest BCUT2D eigenvalue weighted by molar-refractivity contribution is -0.131. The number of likely N-dealkylation sites (N-methyl/N-ethyl adjacent to an activating group) is 1. The third-order valence-electron chi connectivity index (χ3n) is 4.11. The first-order valence-corrected chi connectivity index (χ1v) is 11.4. The predicted molar refractivity (Wildman–Crippen MR) is 93.0 cm³/mol. The fraction of sp³-hybridized carbons (Fsp3) is 0.533. The van der Waals surface area contributed by atoms with Crippen molar-refractivity contribution in [3.63, 3.8) is 0 Å². The highest BCUT2D eigenvalue weighted by atomic mass is 32.2. The van der Waals surface area contributed by atoms with E-state index in [1.165, 1.54) is 23.1 Å². The molecular formula is C15H21FN2O5S2. The Morgan fingerprint density at radius 3 is 2.44 bits per heavy atom. The molecule has 1 unspecified atom stereocenters. The van der Waals surface area contributed by atoms with Gasteiger partial charge in [0.05, 0.1) is 23.4 Å². The van der Waals surface area contributed by atoms with E-state index in [0.717, 1.165) is 12.3 Å². The monoisotopic (exact) mass is 392 g/mol. The average molecular weight is 392 g/mol. The van der Waals surface area contributed by atoms with Crippen LogP contribution in [0.25, 0.3) is 0 Å². The molecule has 1 fully saturated rings. The van der Waals surface area contributed by atoms with Crippen molar-refractivity contribution in [2.24, 2.45) is 0 Å². The smallest absolute Gasteiger partial charge is 0.243 e. The minimum absolute atomic E-state index is 0.00451. The van der Waals surface area contributed by atoms with E-state index < -0.39 is 44.2 Å². The molecule has 1 atom stereocenters. The van der Waals surface area contributed by atoms with Gasteiger partial charge in [-0.15, -0.1) is 0 Å². The summed E-state index contributed by atoms with van der Waals surface area (Å²) in [5.74, 6) is -1.44. The fourth-order valence-corrected chi connectivity index (χ4v) is 5.49. The molecule has 0 aliphatic carbocycles. The molecule has 140 valence electrons. The minimum atomic E-state index is -3.90. The number of hydrogen-bond acceptors (Lipinski definition) is 5. The number of amides is 1. The molecule has 1 saturated heterocycles. The van der Waals surface area contributed by atoms with Gasteiger partial charge in [0.15, 0.2) is 9.84 Å². The van der Waals surface area contributed by atoms with Gasteiger partial charge in [-0.2, -0.15) is 0 Å². The Balaban J connectivity index is 2.26. The molecule has 1 aromatic carbocycles. The van der Waals surface area contributed by atoms with Gasteiger partial charge >= 0.3 is 0 Å². The number of para-hydroxylation sites is 1. The topological polar surface area (TPSA) is 91.8 Å². The van der Waals surface area contributed by atoms with Gasteiger partial charge in [0, 0.05) is 12.6 Å². The number of rotatable bonds is 6. The van der Waals surface area contributed by atoms with Crippen molar-refractivity contribution in [2.45, 2.75) is 19.4 Å². The Hall–Kier alpha value is -1.68. The lowest BCUT2D eigenvalue weighted by atomic mass is 10.2. The molecule has 0 saturated carbocycles. The summed E-state index contributed by atoms with van der Waals surface area (Å²) in [5, 5.41) is 0. The lowest BCUT2D eigenvalue weighted by Gasteiger charge is -2.30. The van der Waals surface area contributed by atoms with Gasteiger partial charge in [0.1, 0.15) is 12.4 Å². The minimum Gasteiger partial charge on any atom is -0.337 e. The van der Waals surface area contributed by atoms with Crippen LogP contribution >= 0.6 is 0 Å². The van der Waals surface area contributed by atoms with Gasteiger partial charge in [0.2, 0.25) is 15.9 Å². The van der Waals surface area contributed by atoms with E-state index in [0.29, 0.717) is 10.7 Å². The largest absolute Gasteiger partial charge is 0.337 e. The molecule has 0 N–H and O–H groups in total. The Labute approximate surface area is 147 Å². The maximum Gasteiger partial charge on any atom is 0.243 e. The van der Waals surface area contributed by atoms with Crippen LogP contribution in [0.4, 0.5) is 10.1 Å². The van der Waals surface area contributed by atoms with Crippen molar-refractivity contribution in [1.82, 2.24) is 4.90 Å². The normalized spacial score (nSPS) is 19.6. The predicted octanol–water partition coefficient (Wildman–Crippen LogP) is 0.627. The molecule has 25 heavy (non-hydrogen) atoms. The number of sulfonamides is 1. The molecule has 0 bridgehead atoms. The second-order valence-corrected chi connectivity index (χ2v) is 10.1. The van der Waals surface area contributed by atoms with Crippen LogP contribution in [-0.4, -0.2) is 64.5 Å². The first kappa shape index (κ1) is 19.6. The zero-order chi connectivity index (χ0) is 18.8. The van der Waals surface area contributed by atoms with Crippen LogP contribution in [0.15, 0.2) is 24.3 Å². The standard InChI is InChI=1S/C15H21FN2O5S2/c1-3-17(12-8-9-25(22,23)11-12)15(19)10-18(24(2,20)21)14-7-5-4-6-13(14)16/h4-7,12H,3,8-11H2,1-2H3.